The van der Waals surface area contributed by atoms with Crippen molar-refractivity contribution >= 4 is 26.0 Å². The molecule has 0 radical (unpaired) electrons. The van der Waals surface area contributed by atoms with Gasteiger partial charge >= 0.3 is 0 Å². The molecular weight excluding hydrogens is 314 g/mol. The van der Waals surface area contributed by atoms with Crippen LogP contribution >= 0.6 is 15.9 Å². The number of benzene rings is 1. The summed E-state index contributed by atoms with van der Waals surface area (Å²) < 4.78 is 26.3. The molecule has 0 aromatic heterocycles. The molecule has 0 saturated heterocycles. The van der Waals surface area contributed by atoms with Gasteiger partial charge in [0.05, 0.1) is 4.90 Å². The quantitative estimate of drug-likeness (QED) is 0.593. The summed E-state index contributed by atoms with van der Waals surface area (Å²) in [7, 11) is -3.44. The van der Waals surface area contributed by atoms with Crippen LogP contribution in [-0.2, 0) is 10.0 Å². The lowest BCUT2D eigenvalue weighted by Gasteiger charge is -2.22. The van der Waals surface area contributed by atoms with Crippen molar-refractivity contribution in [1.82, 2.24) is 4.31 Å². The van der Waals surface area contributed by atoms with Crippen molar-refractivity contribution in [3.63, 3.8) is 0 Å². The maximum atomic E-state index is 12.4. The lowest BCUT2D eigenvalue weighted by molar-refractivity contribution is 0.447. The monoisotopic (exact) mass is 331 g/mol. The van der Waals surface area contributed by atoms with Crippen LogP contribution in [0.4, 0.5) is 0 Å². The number of halogens is 1. The number of alkyl halides is 1. The van der Waals surface area contributed by atoms with Gasteiger partial charge in [-0.3, -0.25) is 0 Å². The van der Waals surface area contributed by atoms with Crippen LogP contribution in [0.25, 0.3) is 0 Å². The van der Waals surface area contributed by atoms with E-state index in [-0.39, 0.29) is 4.83 Å². The highest BCUT2D eigenvalue weighted by Gasteiger charge is 2.24. The van der Waals surface area contributed by atoms with Crippen LogP contribution < -0.4 is 0 Å². The third-order valence-corrected chi connectivity index (χ3v) is 4.58. The van der Waals surface area contributed by atoms with Crippen molar-refractivity contribution in [2.45, 2.75) is 23.6 Å². The molecule has 0 aliphatic heterocycles. The molecule has 0 bridgehead atoms. The Kier molecular flexibility index (Phi) is 5.56. The number of hydrogen-bond donors (Lipinski definition) is 0. The summed E-state index contributed by atoms with van der Waals surface area (Å²) in [5, 5.41) is 0. The van der Waals surface area contributed by atoms with Crippen LogP contribution in [0.15, 0.2) is 41.8 Å². The number of nitrogens with zero attached hydrogens (tertiary/aromatic N) is 1. The Morgan fingerprint density at radius 3 is 2.39 bits per heavy atom. The Labute approximate surface area is 118 Å². The first kappa shape index (κ1) is 15.4. The summed E-state index contributed by atoms with van der Waals surface area (Å²) in [5.41, 5.74) is 1.04. The van der Waals surface area contributed by atoms with Gasteiger partial charge in [-0.05, 0) is 19.1 Å². The predicted octanol–water partition coefficient (Wildman–Crippen LogP) is 2.96. The smallest absolute Gasteiger partial charge is 0.207 e. The van der Waals surface area contributed by atoms with Crippen molar-refractivity contribution in [3.8, 4) is 0 Å². The largest absolute Gasteiger partial charge is 0.243 e. The van der Waals surface area contributed by atoms with Crippen LogP contribution in [0, 0.1) is 6.92 Å². The standard InChI is InChI=1S/C13H18BrNO2S/c1-4-9-15(10-12(3)14)18(16,17)13-7-5-11(2)6-8-13/h4-8,12H,1,9-10H2,2-3H3. The summed E-state index contributed by atoms with van der Waals surface area (Å²) in [5.74, 6) is 0. The number of aryl methyl sites for hydroxylation is 1. The van der Waals surface area contributed by atoms with Gasteiger partial charge in [0, 0.05) is 17.9 Å². The summed E-state index contributed by atoms with van der Waals surface area (Å²) in [6.07, 6.45) is 1.60. The van der Waals surface area contributed by atoms with Crippen LogP contribution in [0.2, 0.25) is 0 Å². The second-order valence-electron chi connectivity index (χ2n) is 4.20. The molecule has 0 amide bonds. The molecule has 0 aliphatic rings. The lowest BCUT2D eigenvalue weighted by atomic mass is 10.2. The van der Waals surface area contributed by atoms with E-state index in [1.807, 2.05) is 13.8 Å². The molecule has 1 unspecified atom stereocenters. The third kappa shape index (κ3) is 3.93. The Morgan fingerprint density at radius 1 is 1.39 bits per heavy atom. The zero-order valence-electron chi connectivity index (χ0n) is 10.6. The minimum absolute atomic E-state index is 0.0951. The van der Waals surface area contributed by atoms with Crippen LogP contribution in [-0.4, -0.2) is 30.6 Å². The summed E-state index contributed by atoms with van der Waals surface area (Å²) in [4.78, 5) is 0.417. The average Bonchev–Trinajstić information content (AvgIpc) is 2.28. The van der Waals surface area contributed by atoms with Crippen molar-refractivity contribution in [2.24, 2.45) is 0 Å². The first-order chi connectivity index (χ1) is 8.37. The molecule has 0 heterocycles. The van der Waals surface area contributed by atoms with E-state index in [0.717, 1.165) is 5.56 Å². The normalized spacial score (nSPS) is 13.6. The molecule has 0 N–H and O–H groups in total. The molecule has 0 fully saturated rings. The highest BCUT2D eigenvalue weighted by molar-refractivity contribution is 9.09. The first-order valence-electron chi connectivity index (χ1n) is 5.69. The Bertz CT molecular complexity index is 494. The van der Waals surface area contributed by atoms with E-state index >= 15 is 0 Å². The van der Waals surface area contributed by atoms with Gasteiger partial charge in [0.1, 0.15) is 0 Å². The van der Waals surface area contributed by atoms with Gasteiger partial charge in [-0.15, -0.1) is 6.58 Å². The molecule has 100 valence electrons. The molecule has 1 aromatic carbocycles. The zero-order chi connectivity index (χ0) is 13.8. The minimum Gasteiger partial charge on any atom is -0.207 e. The molecule has 18 heavy (non-hydrogen) atoms. The summed E-state index contributed by atoms with van der Waals surface area (Å²) in [6, 6.07) is 6.88. The van der Waals surface area contributed by atoms with E-state index < -0.39 is 10.0 Å². The third-order valence-electron chi connectivity index (χ3n) is 2.45. The van der Waals surface area contributed by atoms with Gasteiger partial charge in [0.2, 0.25) is 10.0 Å². The van der Waals surface area contributed by atoms with E-state index in [1.165, 1.54) is 4.31 Å². The molecular formula is C13H18BrNO2S. The van der Waals surface area contributed by atoms with Crippen molar-refractivity contribution in [3.05, 3.63) is 42.5 Å². The Hall–Kier alpha value is -0.650. The fraction of sp³-hybridized carbons (Fsp3) is 0.385. The molecule has 1 rings (SSSR count). The molecule has 1 aromatic rings. The van der Waals surface area contributed by atoms with Gasteiger partial charge in [0.25, 0.3) is 0 Å². The Morgan fingerprint density at radius 2 is 1.94 bits per heavy atom. The Balaban J connectivity index is 3.08. The van der Waals surface area contributed by atoms with Crippen LogP contribution in [0.3, 0.4) is 0 Å². The second kappa shape index (κ2) is 6.50. The molecule has 0 spiro atoms. The van der Waals surface area contributed by atoms with E-state index in [2.05, 4.69) is 22.5 Å². The van der Waals surface area contributed by atoms with Gasteiger partial charge in [-0.2, -0.15) is 4.31 Å². The number of rotatable bonds is 6. The van der Waals surface area contributed by atoms with Gasteiger partial charge in [0.15, 0.2) is 0 Å². The van der Waals surface area contributed by atoms with E-state index in [9.17, 15) is 8.42 Å². The highest BCUT2D eigenvalue weighted by Crippen LogP contribution is 2.17. The fourth-order valence-corrected chi connectivity index (χ4v) is 3.60. The van der Waals surface area contributed by atoms with Gasteiger partial charge in [-0.1, -0.05) is 46.6 Å². The molecule has 3 nitrogen and oxygen atoms in total. The van der Waals surface area contributed by atoms with E-state index in [0.29, 0.717) is 18.0 Å². The van der Waals surface area contributed by atoms with Gasteiger partial charge < -0.3 is 0 Å². The average molecular weight is 332 g/mol. The first-order valence-corrected chi connectivity index (χ1v) is 8.05. The predicted molar refractivity (Wildman–Crippen MR) is 78.5 cm³/mol. The summed E-state index contributed by atoms with van der Waals surface area (Å²) in [6.45, 7) is 8.18. The maximum Gasteiger partial charge on any atom is 0.243 e. The molecule has 5 heteroatoms. The molecule has 1 atom stereocenters. The van der Waals surface area contributed by atoms with Crippen LogP contribution in [0.5, 0.6) is 0 Å². The fourth-order valence-electron chi connectivity index (χ4n) is 1.55. The topological polar surface area (TPSA) is 37.4 Å². The molecule has 0 saturated carbocycles. The van der Waals surface area contributed by atoms with E-state index in [1.54, 1.807) is 30.3 Å². The van der Waals surface area contributed by atoms with Gasteiger partial charge in [-0.25, -0.2) is 8.42 Å². The minimum atomic E-state index is -3.44. The van der Waals surface area contributed by atoms with Crippen molar-refractivity contribution in [2.75, 3.05) is 13.1 Å². The second-order valence-corrected chi connectivity index (χ2v) is 7.71. The van der Waals surface area contributed by atoms with Crippen molar-refractivity contribution in [1.29, 1.82) is 0 Å². The number of sulfonamides is 1. The SMILES string of the molecule is C=CCN(CC(C)Br)S(=O)(=O)c1ccc(C)cc1. The zero-order valence-corrected chi connectivity index (χ0v) is 13.0. The van der Waals surface area contributed by atoms with E-state index in [4.69, 9.17) is 0 Å². The lowest BCUT2D eigenvalue weighted by Crippen LogP contribution is -2.35. The van der Waals surface area contributed by atoms with Crippen molar-refractivity contribution < 1.29 is 8.42 Å². The summed E-state index contributed by atoms with van der Waals surface area (Å²) >= 11 is 3.38. The maximum absolute atomic E-state index is 12.4. The number of hydrogen-bond acceptors (Lipinski definition) is 2. The van der Waals surface area contributed by atoms with Crippen LogP contribution in [0.1, 0.15) is 12.5 Å². The highest BCUT2D eigenvalue weighted by atomic mass is 79.9. The molecule has 0 aliphatic carbocycles.